The number of amides is 1. The van der Waals surface area contributed by atoms with Crippen LogP contribution in [0.3, 0.4) is 0 Å². The summed E-state index contributed by atoms with van der Waals surface area (Å²) in [6, 6.07) is 9.18. The second kappa shape index (κ2) is 8.03. The highest BCUT2D eigenvalue weighted by Crippen LogP contribution is 2.41. The van der Waals surface area contributed by atoms with E-state index in [1.807, 2.05) is 38.1 Å². The first kappa shape index (κ1) is 18.6. The van der Waals surface area contributed by atoms with Crippen LogP contribution in [0.25, 0.3) is 11.6 Å². The molecular formula is C21H23NO5. The second-order valence-corrected chi connectivity index (χ2v) is 5.84. The number of fused-ring (bicyclic) bond motifs is 1. The van der Waals surface area contributed by atoms with Crippen molar-refractivity contribution in [1.29, 1.82) is 0 Å². The van der Waals surface area contributed by atoms with E-state index in [4.69, 9.17) is 18.9 Å². The molecule has 0 unspecified atom stereocenters. The molecular weight excluding hydrogens is 346 g/mol. The summed E-state index contributed by atoms with van der Waals surface area (Å²) in [4.78, 5) is 12.5. The highest BCUT2D eigenvalue weighted by Gasteiger charge is 2.26. The predicted octanol–water partition coefficient (Wildman–Crippen LogP) is 3.99. The third-order valence-corrected chi connectivity index (χ3v) is 4.19. The van der Waals surface area contributed by atoms with Crippen LogP contribution in [-0.4, -0.2) is 33.3 Å². The third-order valence-electron chi connectivity index (χ3n) is 4.19. The van der Waals surface area contributed by atoms with Crippen molar-refractivity contribution in [2.75, 3.05) is 32.8 Å². The molecule has 1 N–H and O–H groups in total. The number of anilines is 1. The number of carbonyl (C=O) groups excluding carboxylic acids is 1. The minimum absolute atomic E-state index is 0.174. The van der Waals surface area contributed by atoms with Gasteiger partial charge in [0.05, 0.1) is 33.1 Å². The lowest BCUT2D eigenvalue weighted by atomic mass is 10.0. The SMILES string of the molecule is CCOc1ccc(/C=C2/C(=O)Nc3cc(OC)c(OC)cc32)cc1OCC. The molecule has 6 nitrogen and oxygen atoms in total. The number of carbonyl (C=O) groups is 1. The zero-order valence-corrected chi connectivity index (χ0v) is 15.9. The largest absolute Gasteiger partial charge is 0.493 e. The number of benzene rings is 2. The summed E-state index contributed by atoms with van der Waals surface area (Å²) >= 11 is 0. The summed E-state index contributed by atoms with van der Waals surface area (Å²) in [6.07, 6.45) is 1.82. The third kappa shape index (κ3) is 3.69. The first-order valence-electron chi connectivity index (χ1n) is 8.80. The summed E-state index contributed by atoms with van der Waals surface area (Å²) in [5.41, 5.74) is 2.86. The fourth-order valence-electron chi connectivity index (χ4n) is 2.98. The zero-order valence-electron chi connectivity index (χ0n) is 15.9. The summed E-state index contributed by atoms with van der Waals surface area (Å²) in [7, 11) is 3.13. The minimum atomic E-state index is -0.174. The van der Waals surface area contributed by atoms with Gasteiger partial charge in [-0.05, 0) is 43.7 Å². The van der Waals surface area contributed by atoms with Gasteiger partial charge in [0.2, 0.25) is 0 Å². The first-order chi connectivity index (χ1) is 13.1. The molecule has 1 amide bonds. The first-order valence-corrected chi connectivity index (χ1v) is 8.80. The van der Waals surface area contributed by atoms with Crippen LogP contribution in [0.2, 0.25) is 0 Å². The molecule has 0 atom stereocenters. The Labute approximate surface area is 158 Å². The molecule has 0 bridgehead atoms. The lowest BCUT2D eigenvalue weighted by Crippen LogP contribution is -2.03. The lowest BCUT2D eigenvalue weighted by Gasteiger charge is -2.12. The Morgan fingerprint density at radius 3 is 2.22 bits per heavy atom. The number of methoxy groups -OCH3 is 2. The summed E-state index contributed by atoms with van der Waals surface area (Å²) in [5, 5.41) is 2.87. The van der Waals surface area contributed by atoms with Crippen LogP contribution in [0.5, 0.6) is 23.0 Å². The Hall–Kier alpha value is -3.15. The van der Waals surface area contributed by atoms with E-state index in [1.165, 1.54) is 0 Å². The van der Waals surface area contributed by atoms with Crippen molar-refractivity contribution in [2.45, 2.75) is 13.8 Å². The Morgan fingerprint density at radius 1 is 0.889 bits per heavy atom. The molecule has 1 aliphatic rings. The fraction of sp³-hybridized carbons (Fsp3) is 0.286. The van der Waals surface area contributed by atoms with E-state index in [9.17, 15) is 4.79 Å². The number of ether oxygens (including phenoxy) is 4. The van der Waals surface area contributed by atoms with E-state index < -0.39 is 0 Å². The summed E-state index contributed by atoms with van der Waals surface area (Å²) in [6.45, 7) is 4.92. The summed E-state index contributed by atoms with van der Waals surface area (Å²) in [5.74, 6) is 2.30. The van der Waals surface area contributed by atoms with Gasteiger partial charge in [-0.2, -0.15) is 0 Å². The van der Waals surface area contributed by atoms with Gasteiger partial charge in [-0.25, -0.2) is 0 Å². The van der Waals surface area contributed by atoms with Crippen molar-refractivity contribution in [2.24, 2.45) is 0 Å². The van der Waals surface area contributed by atoms with Gasteiger partial charge in [0.1, 0.15) is 0 Å². The zero-order chi connectivity index (χ0) is 19.4. The predicted molar refractivity (Wildman–Crippen MR) is 105 cm³/mol. The normalized spacial score (nSPS) is 13.9. The Balaban J connectivity index is 2.03. The van der Waals surface area contributed by atoms with E-state index in [0.717, 1.165) is 11.1 Å². The maximum absolute atomic E-state index is 12.5. The van der Waals surface area contributed by atoms with Gasteiger partial charge in [0.25, 0.3) is 5.91 Å². The van der Waals surface area contributed by atoms with Crippen molar-refractivity contribution in [3.8, 4) is 23.0 Å². The molecule has 1 aliphatic heterocycles. The highest BCUT2D eigenvalue weighted by molar-refractivity contribution is 6.35. The Kier molecular flexibility index (Phi) is 5.54. The number of hydrogen-bond donors (Lipinski definition) is 1. The standard InChI is InChI=1S/C21H23NO5/c1-5-26-17-8-7-13(10-20(17)27-6-2)9-15-14-11-18(24-3)19(25-4)12-16(14)22-21(15)23/h7-12H,5-6H2,1-4H3,(H,22,23)/b15-9+. The molecule has 0 radical (unpaired) electrons. The van der Waals surface area contributed by atoms with E-state index in [-0.39, 0.29) is 5.91 Å². The van der Waals surface area contributed by atoms with Crippen molar-refractivity contribution >= 4 is 23.2 Å². The molecule has 2 aromatic carbocycles. The molecule has 1 heterocycles. The maximum Gasteiger partial charge on any atom is 0.256 e. The van der Waals surface area contributed by atoms with Crippen LogP contribution in [0, 0.1) is 0 Å². The van der Waals surface area contributed by atoms with Gasteiger partial charge in [0.15, 0.2) is 23.0 Å². The molecule has 0 aromatic heterocycles. The maximum atomic E-state index is 12.5. The van der Waals surface area contributed by atoms with Crippen molar-refractivity contribution in [1.82, 2.24) is 0 Å². The van der Waals surface area contributed by atoms with Crippen LogP contribution in [-0.2, 0) is 4.79 Å². The van der Waals surface area contributed by atoms with Gasteiger partial charge in [-0.1, -0.05) is 6.07 Å². The number of nitrogens with one attached hydrogen (secondary N) is 1. The molecule has 6 heteroatoms. The fourth-order valence-corrected chi connectivity index (χ4v) is 2.98. The van der Waals surface area contributed by atoms with Gasteiger partial charge in [0, 0.05) is 17.2 Å². The molecule has 2 aromatic rings. The molecule has 3 rings (SSSR count). The van der Waals surface area contributed by atoms with Gasteiger partial charge < -0.3 is 24.3 Å². The van der Waals surface area contributed by atoms with Crippen LogP contribution >= 0.6 is 0 Å². The monoisotopic (exact) mass is 369 g/mol. The van der Waals surface area contributed by atoms with Crippen LogP contribution in [0.15, 0.2) is 30.3 Å². The van der Waals surface area contributed by atoms with E-state index in [0.29, 0.717) is 47.5 Å². The van der Waals surface area contributed by atoms with E-state index >= 15 is 0 Å². The molecule has 142 valence electrons. The topological polar surface area (TPSA) is 66.0 Å². The van der Waals surface area contributed by atoms with Gasteiger partial charge >= 0.3 is 0 Å². The Morgan fingerprint density at radius 2 is 1.56 bits per heavy atom. The van der Waals surface area contributed by atoms with Crippen LogP contribution in [0.4, 0.5) is 5.69 Å². The smallest absolute Gasteiger partial charge is 0.256 e. The number of hydrogen-bond acceptors (Lipinski definition) is 5. The minimum Gasteiger partial charge on any atom is -0.493 e. The van der Waals surface area contributed by atoms with Crippen LogP contribution in [0.1, 0.15) is 25.0 Å². The van der Waals surface area contributed by atoms with Crippen molar-refractivity contribution < 1.29 is 23.7 Å². The number of rotatable bonds is 7. The Bertz CT molecular complexity index is 888. The summed E-state index contributed by atoms with van der Waals surface area (Å²) < 4.78 is 21.9. The van der Waals surface area contributed by atoms with Crippen molar-refractivity contribution in [3.05, 3.63) is 41.5 Å². The quantitative estimate of drug-likeness (QED) is 0.748. The molecule has 0 fully saturated rings. The van der Waals surface area contributed by atoms with Gasteiger partial charge in [-0.15, -0.1) is 0 Å². The molecule has 0 saturated heterocycles. The average Bonchev–Trinajstić information content (AvgIpc) is 2.97. The average molecular weight is 369 g/mol. The highest BCUT2D eigenvalue weighted by atomic mass is 16.5. The molecule has 0 spiro atoms. The second-order valence-electron chi connectivity index (χ2n) is 5.84. The van der Waals surface area contributed by atoms with Crippen molar-refractivity contribution in [3.63, 3.8) is 0 Å². The van der Waals surface area contributed by atoms with Gasteiger partial charge in [-0.3, -0.25) is 4.79 Å². The molecule has 0 aliphatic carbocycles. The van der Waals surface area contributed by atoms with E-state index in [1.54, 1.807) is 26.4 Å². The molecule has 0 saturated carbocycles. The lowest BCUT2D eigenvalue weighted by molar-refractivity contribution is -0.110. The van der Waals surface area contributed by atoms with Crippen LogP contribution < -0.4 is 24.3 Å². The van der Waals surface area contributed by atoms with E-state index in [2.05, 4.69) is 5.32 Å². The molecule has 27 heavy (non-hydrogen) atoms.